The van der Waals surface area contributed by atoms with Crippen molar-refractivity contribution in [2.75, 3.05) is 13.7 Å². The Labute approximate surface area is 92.9 Å². The lowest BCUT2D eigenvalue weighted by Gasteiger charge is -2.04. The Morgan fingerprint density at radius 3 is 2.94 bits per heavy atom. The minimum absolute atomic E-state index is 0.0846. The van der Waals surface area contributed by atoms with E-state index >= 15 is 0 Å². The molecule has 2 heterocycles. The number of aromatic nitrogens is 1. The fourth-order valence-electron chi connectivity index (χ4n) is 1.35. The molecule has 1 saturated heterocycles. The number of hydrogen-bond acceptors (Lipinski definition) is 5. The zero-order valence-corrected chi connectivity index (χ0v) is 9.35. The maximum atomic E-state index is 11.9. The van der Waals surface area contributed by atoms with Gasteiger partial charge in [0.2, 0.25) is 10.0 Å². The molecule has 0 bridgehead atoms. The van der Waals surface area contributed by atoms with Gasteiger partial charge in [0, 0.05) is 18.9 Å². The Morgan fingerprint density at radius 2 is 2.38 bits per heavy atom. The van der Waals surface area contributed by atoms with Gasteiger partial charge in [-0.25, -0.2) is 8.42 Å². The highest BCUT2D eigenvalue weighted by Crippen LogP contribution is 2.28. The third kappa shape index (κ3) is 1.79. The summed E-state index contributed by atoms with van der Waals surface area (Å²) in [6.07, 6.45) is 2.74. The fraction of sp³-hybridized carbons (Fsp3) is 0.333. The summed E-state index contributed by atoms with van der Waals surface area (Å²) in [6, 6.07) is 2.29. The highest BCUT2D eigenvalue weighted by Gasteiger charge is 2.50. The second-order valence-corrected chi connectivity index (χ2v) is 5.19. The van der Waals surface area contributed by atoms with E-state index in [1.54, 1.807) is 0 Å². The van der Waals surface area contributed by atoms with Crippen molar-refractivity contribution >= 4 is 16.0 Å². The maximum Gasteiger partial charge on any atom is 0.325 e. The van der Waals surface area contributed by atoms with Gasteiger partial charge in [0.1, 0.15) is 10.9 Å². The number of esters is 1. The molecule has 2 rings (SSSR count). The molecule has 1 aromatic heterocycles. The molecule has 7 heteroatoms. The number of ether oxygens (including phenoxy) is 1. The lowest BCUT2D eigenvalue weighted by molar-refractivity contribution is -0.140. The van der Waals surface area contributed by atoms with Crippen molar-refractivity contribution < 1.29 is 17.9 Å². The second kappa shape index (κ2) is 3.84. The molecule has 0 amide bonds. The van der Waals surface area contributed by atoms with E-state index in [-0.39, 0.29) is 11.4 Å². The summed E-state index contributed by atoms with van der Waals surface area (Å²) in [4.78, 5) is 14.9. The van der Waals surface area contributed by atoms with Crippen LogP contribution in [0.25, 0.3) is 0 Å². The van der Waals surface area contributed by atoms with Crippen molar-refractivity contribution in [1.29, 1.82) is 0 Å². The van der Waals surface area contributed by atoms with E-state index in [0.717, 1.165) is 4.31 Å². The zero-order chi connectivity index (χ0) is 11.8. The van der Waals surface area contributed by atoms with Gasteiger partial charge in [-0.3, -0.25) is 9.78 Å². The van der Waals surface area contributed by atoms with E-state index in [1.807, 2.05) is 0 Å². The molecule has 1 fully saturated rings. The zero-order valence-electron chi connectivity index (χ0n) is 8.53. The van der Waals surface area contributed by atoms with Crippen LogP contribution in [-0.2, 0) is 19.6 Å². The molecule has 0 saturated carbocycles. The van der Waals surface area contributed by atoms with Gasteiger partial charge >= 0.3 is 5.97 Å². The lowest BCUT2D eigenvalue weighted by atomic mass is 10.5. The second-order valence-electron chi connectivity index (χ2n) is 3.30. The number of sulfonamides is 1. The molecule has 1 aliphatic heterocycles. The van der Waals surface area contributed by atoms with Crippen LogP contribution in [0.1, 0.15) is 0 Å². The molecule has 0 spiro atoms. The molecule has 0 aliphatic carbocycles. The van der Waals surface area contributed by atoms with E-state index < -0.39 is 22.0 Å². The average molecular weight is 242 g/mol. The predicted molar refractivity (Wildman–Crippen MR) is 53.9 cm³/mol. The van der Waals surface area contributed by atoms with Crippen molar-refractivity contribution in [3.8, 4) is 0 Å². The Hall–Kier alpha value is -1.47. The fourth-order valence-corrected chi connectivity index (χ4v) is 2.83. The summed E-state index contributed by atoms with van der Waals surface area (Å²) in [7, 11) is -2.37. The van der Waals surface area contributed by atoms with Gasteiger partial charge in [0.25, 0.3) is 0 Å². The van der Waals surface area contributed by atoms with E-state index in [2.05, 4.69) is 9.72 Å². The standard InChI is InChI=1S/C9H10N2O4S/c1-15-9(12)8-6-11(8)16(13,14)7-3-2-4-10-5-7/h2-5,8H,6H2,1H3. The monoisotopic (exact) mass is 242 g/mol. The third-order valence-electron chi connectivity index (χ3n) is 2.28. The minimum atomic E-state index is -3.60. The first-order valence-electron chi connectivity index (χ1n) is 4.57. The van der Waals surface area contributed by atoms with Crippen LogP contribution in [0.4, 0.5) is 0 Å². The van der Waals surface area contributed by atoms with Gasteiger partial charge in [-0.1, -0.05) is 0 Å². The maximum absolute atomic E-state index is 11.9. The summed E-state index contributed by atoms with van der Waals surface area (Å²) in [6.45, 7) is 0.171. The Bertz CT molecular complexity index is 500. The van der Waals surface area contributed by atoms with Gasteiger partial charge in [-0.05, 0) is 12.1 Å². The number of carbonyl (C=O) groups is 1. The quantitative estimate of drug-likeness (QED) is 0.534. The van der Waals surface area contributed by atoms with Gasteiger partial charge < -0.3 is 4.74 Å². The number of carbonyl (C=O) groups excluding carboxylic acids is 1. The summed E-state index contributed by atoms with van der Waals surface area (Å²) < 4.78 is 29.4. The number of rotatable bonds is 3. The minimum Gasteiger partial charge on any atom is -0.468 e. The van der Waals surface area contributed by atoms with Gasteiger partial charge in [0.05, 0.1) is 7.11 Å². The highest BCUT2D eigenvalue weighted by atomic mass is 32.2. The molecule has 1 aromatic rings. The smallest absolute Gasteiger partial charge is 0.325 e. The van der Waals surface area contributed by atoms with Crippen LogP contribution < -0.4 is 0 Å². The molecule has 2 atom stereocenters. The topological polar surface area (TPSA) is 76.3 Å². The van der Waals surface area contributed by atoms with Crippen LogP contribution in [0.15, 0.2) is 29.4 Å². The number of nitrogens with zero attached hydrogens (tertiary/aromatic N) is 2. The van der Waals surface area contributed by atoms with Crippen LogP contribution in [0, 0.1) is 0 Å². The van der Waals surface area contributed by atoms with Crippen molar-refractivity contribution in [2.45, 2.75) is 10.9 Å². The van der Waals surface area contributed by atoms with Crippen LogP contribution in [0.3, 0.4) is 0 Å². The van der Waals surface area contributed by atoms with Gasteiger partial charge in [-0.2, -0.15) is 4.31 Å². The van der Waals surface area contributed by atoms with E-state index in [0.29, 0.717) is 0 Å². The van der Waals surface area contributed by atoms with Crippen molar-refractivity contribution in [1.82, 2.24) is 9.29 Å². The first-order valence-corrected chi connectivity index (χ1v) is 6.01. The Balaban J connectivity index is 2.21. The molecule has 1 aliphatic rings. The van der Waals surface area contributed by atoms with Gasteiger partial charge in [0.15, 0.2) is 0 Å². The highest BCUT2D eigenvalue weighted by molar-refractivity contribution is 7.89. The molecule has 0 radical (unpaired) electrons. The van der Waals surface area contributed by atoms with Crippen LogP contribution in [0.2, 0.25) is 0 Å². The summed E-state index contributed by atoms with van der Waals surface area (Å²) in [5.74, 6) is -0.535. The first-order chi connectivity index (χ1) is 7.57. The van der Waals surface area contributed by atoms with E-state index in [4.69, 9.17) is 0 Å². The molecule has 0 aromatic carbocycles. The molecule has 6 nitrogen and oxygen atoms in total. The van der Waals surface area contributed by atoms with Gasteiger partial charge in [-0.15, -0.1) is 0 Å². The molecule has 86 valence electrons. The Morgan fingerprint density at radius 1 is 1.62 bits per heavy atom. The SMILES string of the molecule is COC(=O)C1CN1S(=O)(=O)c1cccnc1. The molecular formula is C9H10N2O4S. The van der Waals surface area contributed by atoms with Crippen LogP contribution in [0.5, 0.6) is 0 Å². The largest absolute Gasteiger partial charge is 0.468 e. The molecule has 16 heavy (non-hydrogen) atoms. The normalized spacial score (nSPS) is 23.8. The van der Waals surface area contributed by atoms with Crippen LogP contribution in [-0.4, -0.2) is 43.4 Å². The summed E-state index contributed by atoms with van der Waals surface area (Å²) in [5, 5.41) is 0. The molecular weight excluding hydrogens is 232 g/mol. The predicted octanol–water partition coefficient (Wildman–Crippen LogP) is -0.373. The number of pyridine rings is 1. The lowest BCUT2D eigenvalue weighted by Crippen LogP contribution is -2.20. The first kappa shape index (κ1) is 11.0. The number of methoxy groups -OCH3 is 1. The number of hydrogen-bond donors (Lipinski definition) is 0. The molecule has 2 unspecified atom stereocenters. The third-order valence-corrected chi connectivity index (χ3v) is 4.14. The van der Waals surface area contributed by atoms with Crippen molar-refractivity contribution in [2.24, 2.45) is 0 Å². The summed E-state index contributed by atoms with van der Waals surface area (Å²) >= 11 is 0. The Kier molecular flexibility index (Phi) is 2.64. The average Bonchev–Trinajstić information content (AvgIpc) is 3.10. The van der Waals surface area contributed by atoms with E-state index in [9.17, 15) is 13.2 Å². The van der Waals surface area contributed by atoms with Crippen molar-refractivity contribution in [3.05, 3.63) is 24.5 Å². The summed E-state index contributed by atoms with van der Waals surface area (Å²) in [5.41, 5.74) is 0. The van der Waals surface area contributed by atoms with E-state index in [1.165, 1.54) is 31.6 Å². The molecule has 0 N–H and O–H groups in total. The van der Waals surface area contributed by atoms with Crippen LogP contribution >= 0.6 is 0 Å². The van der Waals surface area contributed by atoms with Crippen molar-refractivity contribution in [3.63, 3.8) is 0 Å².